The molecule has 0 bridgehead atoms. The van der Waals surface area contributed by atoms with Gasteiger partial charge in [-0.25, -0.2) is 9.59 Å². The number of hydrogen-bond acceptors (Lipinski definition) is 5. The monoisotopic (exact) mass is 381 g/mol. The number of esters is 2. The van der Waals surface area contributed by atoms with E-state index in [1.807, 2.05) is 12.1 Å². The standard InChI is InChI=1S/C20H22O4S.Na/c1-4-14-7-10-16(11-8-14)25-18-13-15(19(21)23-5-2)9-12-17(18)20(22)24-6-3;/h7-13H,4-6H2,1-3H3;. The first-order chi connectivity index (χ1) is 12.1. The molecule has 26 heavy (non-hydrogen) atoms. The van der Waals surface area contributed by atoms with Gasteiger partial charge in [0.1, 0.15) is 0 Å². The first kappa shape index (κ1) is 22.8. The average molecular weight is 381 g/mol. The van der Waals surface area contributed by atoms with Crippen molar-refractivity contribution in [3.05, 3.63) is 59.2 Å². The van der Waals surface area contributed by atoms with Crippen molar-refractivity contribution in [2.75, 3.05) is 13.2 Å². The van der Waals surface area contributed by atoms with Crippen LogP contribution in [0.2, 0.25) is 0 Å². The van der Waals surface area contributed by atoms with Crippen molar-refractivity contribution in [3.8, 4) is 0 Å². The van der Waals surface area contributed by atoms with E-state index in [9.17, 15) is 9.59 Å². The van der Waals surface area contributed by atoms with E-state index >= 15 is 0 Å². The second kappa shape index (κ2) is 11.4. The predicted octanol–water partition coefficient (Wildman–Crippen LogP) is 4.37. The molecule has 0 aliphatic carbocycles. The minimum atomic E-state index is -0.402. The van der Waals surface area contributed by atoms with Crippen LogP contribution < -0.4 is 0 Å². The van der Waals surface area contributed by atoms with Crippen molar-refractivity contribution in [2.45, 2.75) is 37.0 Å². The van der Waals surface area contributed by atoms with Gasteiger partial charge in [0, 0.05) is 39.3 Å². The van der Waals surface area contributed by atoms with Crippen molar-refractivity contribution in [3.63, 3.8) is 0 Å². The van der Waals surface area contributed by atoms with Crippen molar-refractivity contribution in [1.82, 2.24) is 0 Å². The normalized spacial score (nSPS) is 9.96. The maximum absolute atomic E-state index is 12.2. The smallest absolute Gasteiger partial charge is 0.339 e. The minimum absolute atomic E-state index is 0. The Bertz CT molecular complexity index is 744. The summed E-state index contributed by atoms with van der Waals surface area (Å²) in [4.78, 5) is 25.9. The van der Waals surface area contributed by atoms with Crippen LogP contribution in [-0.4, -0.2) is 54.7 Å². The Morgan fingerprint density at radius 1 is 0.885 bits per heavy atom. The second-order valence-corrected chi connectivity index (χ2v) is 6.37. The molecule has 0 N–H and O–H groups in total. The van der Waals surface area contributed by atoms with E-state index in [2.05, 4.69) is 19.1 Å². The molecule has 4 nitrogen and oxygen atoms in total. The van der Waals surface area contributed by atoms with Gasteiger partial charge < -0.3 is 9.47 Å². The van der Waals surface area contributed by atoms with Crippen LogP contribution in [0.4, 0.5) is 0 Å². The van der Waals surface area contributed by atoms with Gasteiger partial charge in [-0.3, -0.25) is 0 Å². The van der Waals surface area contributed by atoms with Gasteiger partial charge in [0.25, 0.3) is 0 Å². The van der Waals surface area contributed by atoms with E-state index < -0.39 is 11.9 Å². The molecule has 0 atom stereocenters. The zero-order valence-corrected chi connectivity index (χ0v) is 18.5. The molecule has 6 heteroatoms. The molecule has 0 aliphatic heterocycles. The van der Waals surface area contributed by atoms with E-state index in [0.717, 1.165) is 11.3 Å². The zero-order valence-electron chi connectivity index (χ0n) is 15.7. The molecule has 0 aliphatic rings. The van der Waals surface area contributed by atoms with Gasteiger partial charge in [-0.2, -0.15) is 0 Å². The summed E-state index contributed by atoms with van der Waals surface area (Å²) >= 11 is 1.43. The number of rotatable bonds is 7. The summed E-state index contributed by atoms with van der Waals surface area (Å²) < 4.78 is 10.2. The van der Waals surface area contributed by atoms with Crippen molar-refractivity contribution < 1.29 is 19.1 Å². The van der Waals surface area contributed by atoms with E-state index in [-0.39, 0.29) is 29.6 Å². The topological polar surface area (TPSA) is 52.6 Å². The fourth-order valence-electron chi connectivity index (χ4n) is 2.25. The molecule has 2 aromatic carbocycles. The van der Waals surface area contributed by atoms with Crippen LogP contribution in [0.3, 0.4) is 0 Å². The third-order valence-electron chi connectivity index (χ3n) is 3.55. The van der Waals surface area contributed by atoms with E-state index in [1.54, 1.807) is 32.0 Å². The Labute approximate surface area is 180 Å². The molecule has 2 aromatic rings. The van der Waals surface area contributed by atoms with Crippen LogP contribution in [0, 0.1) is 0 Å². The molecule has 133 valence electrons. The van der Waals surface area contributed by atoms with Crippen LogP contribution in [0.15, 0.2) is 52.3 Å². The van der Waals surface area contributed by atoms with Gasteiger partial charge in [0.15, 0.2) is 0 Å². The average Bonchev–Trinajstić information content (AvgIpc) is 2.62. The summed E-state index contributed by atoms with van der Waals surface area (Å²) in [5.74, 6) is -0.799. The number of carbonyl (C=O) groups excluding carboxylic acids is 2. The van der Waals surface area contributed by atoms with E-state index in [4.69, 9.17) is 9.47 Å². The fraction of sp³-hybridized carbons (Fsp3) is 0.300. The van der Waals surface area contributed by atoms with E-state index in [0.29, 0.717) is 29.2 Å². The van der Waals surface area contributed by atoms with Crippen LogP contribution in [0.5, 0.6) is 0 Å². The van der Waals surface area contributed by atoms with Crippen LogP contribution >= 0.6 is 11.8 Å². The fourth-order valence-corrected chi connectivity index (χ4v) is 3.22. The summed E-state index contributed by atoms with van der Waals surface area (Å²) in [5, 5.41) is 0. The van der Waals surface area contributed by atoms with Gasteiger partial charge in [0.2, 0.25) is 0 Å². The first-order valence-corrected chi connectivity index (χ1v) is 9.15. The Kier molecular flexibility index (Phi) is 10.0. The maximum Gasteiger partial charge on any atom is 0.339 e. The largest absolute Gasteiger partial charge is 0.462 e. The quantitative estimate of drug-likeness (QED) is 0.526. The molecule has 0 aromatic heterocycles. The summed E-state index contributed by atoms with van der Waals surface area (Å²) in [6, 6.07) is 13.0. The zero-order chi connectivity index (χ0) is 18.2. The number of hydrogen-bond donors (Lipinski definition) is 0. The summed E-state index contributed by atoms with van der Waals surface area (Å²) in [7, 11) is 0. The van der Waals surface area contributed by atoms with Crippen molar-refractivity contribution >= 4 is 53.3 Å². The molecular weight excluding hydrogens is 359 g/mol. The van der Waals surface area contributed by atoms with Gasteiger partial charge >= 0.3 is 11.9 Å². The molecule has 0 heterocycles. The molecule has 0 saturated heterocycles. The second-order valence-electron chi connectivity index (χ2n) is 5.25. The number of carbonyl (C=O) groups is 2. The molecule has 0 spiro atoms. The summed E-state index contributed by atoms with van der Waals surface area (Å²) in [5.41, 5.74) is 2.11. The van der Waals surface area contributed by atoms with Crippen molar-refractivity contribution in [1.29, 1.82) is 0 Å². The molecule has 2 rings (SSSR count). The molecule has 0 fully saturated rings. The van der Waals surface area contributed by atoms with Crippen LogP contribution in [0.25, 0.3) is 0 Å². The predicted molar refractivity (Wildman–Crippen MR) is 104 cm³/mol. The van der Waals surface area contributed by atoms with Crippen LogP contribution in [-0.2, 0) is 15.9 Å². The summed E-state index contributed by atoms with van der Waals surface area (Å²) in [6.45, 7) is 6.23. The van der Waals surface area contributed by atoms with Gasteiger partial charge in [0.05, 0.1) is 24.3 Å². The Hall–Kier alpha value is -1.27. The van der Waals surface area contributed by atoms with Gasteiger partial charge in [-0.05, 0) is 56.2 Å². The molecule has 0 saturated carbocycles. The summed E-state index contributed by atoms with van der Waals surface area (Å²) in [6.07, 6.45) is 0.970. The SMILES string of the molecule is CCOC(=O)c1ccc(C(=O)OCC)c(Sc2ccc(CC)cc2)c1.[Na]. The molecule has 0 unspecified atom stereocenters. The molecule has 0 amide bonds. The number of benzene rings is 2. The van der Waals surface area contributed by atoms with E-state index in [1.165, 1.54) is 17.3 Å². The maximum atomic E-state index is 12.2. The van der Waals surface area contributed by atoms with Gasteiger partial charge in [-0.15, -0.1) is 0 Å². The third kappa shape index (κ3) is 6.16. The third-order valence-corrected chi connectivity index (χ3v) is 4.61. The Balaban J connectivity index is 0.00000338. The van der Waals surface area contributed by atoms with Gasteiger partial charge in [-0.1, -0.05) is 30.8 Å². The number of ether oxygens (including phenoxy) is 2. The first-order valence-electron chi connectivity index (χ1n) is 8.34. The Morgan fingerprint density at radius 2 is 1.50 bits per heavy atom. The molecular formula is C20H22NaO4S. The number of aryl methyl sites for hydroxylation is 1. The Morgan fingerprint density at radius 3 is 2.08 bits per heavy atom. The van der Waals surface area contributed by atoms with Crippen LogP contribution in [0.1, 0.15) is 47.1 Å². The van der Waals surface area contributed by atoms with Crippen molar-refractivity contribution in [2.24, 2.45) is 0 Å². The molecule has 1 radical (unpaired) electrons. The minimum Gasteiger partial charge on any atom is -0.462 e.